The van der Waals surface area contributed by atoms with E-state index in [0.717, 1.165) is 76.2 Å². The SMILES string of the molecule is CCCC1=C2[C@@H](CC/C(=C/c3ccccc3O)CCC)OC[C@@H]2[C@@H]2C(=O)N(C3CCCCC3)C(=O)[C@@H]2C1. The average Bonchev–Trinajstić information content (AvgIpc) is 3.43. The summed E-state index contributed by atoms with van der Waals surface area (Å²) in [5.74, 6) is 0.105. The van der Waals surface area contributed by atoms with E-state index < -0.39 is 0 Å². The maximum absolute atomic E-state index is 13.7. The van der Waals surface area contributed by atoms with Crippen LogP contribution in [0.2, 0.25) is 0 Å². The summed E-state index contributed by atoms with van der Waals surface area (Å²) in [7, 11) is 0. The number of fused-ring (bicyclic) bond motifs is 3. The number of aromatic hydroxyl groups is 1. The second-order valence-electron chi connectivity index (χ2n) is 11.6. The monoisotopic (exact) mass is 505 g/mol. The number of carbonyl (C=O) groups excluding carboxylic acids is 2. The predicted molar refractivity (Wildman–Crippen MR) is 146 cm³/mol. The van der Waals surface area contributed by atoms with Crippen molar-refractivity contribution in [2.75, 3.05) is 6.61 Å². The molecule has 0 unspecified atom stereocenters. The largest absolute Gasteiger partial charge is 0.507 e. The molecule has 5 rings (SSSR count). The number of para-hydroxylation sites is 1. The van der Waals surface area contributed by atoms with Gasteiger partial charge in [0.15, 0.2) is 0 Å². The summed E-state index contributed by atoms with van der Waals surface area (Å²) in [6.07, 6.45) is 14.1. The average molecular weight is 506 g/mol. The van der Waals surface area contributed by atoms with Crippen molar-refractivity contribution >= 4 is 17.9 Å². The molecule has 200 valence electrons. The lowest BCUT2D eigenvalue weighted by molar-refractivity contribution is -0.143. The molecule has 0 radical (unpaired) electrons. The summed E-state index contributed by atoms with van der Waals surface area (Å²) in [5, 5.41) is 10.3. The van der Waals surface area contributed by atoms with Gasteiger partial charge in [0.25, 0.3) is 0 Å². The van der Waals surface area contributed by atoms with E-state index in [9.17, 15) is 14.7 Å². The first-order valence-electron chi connectivity index (χ1n) is 14.7. The fourth-order valence-corrected chi connectivity index (χ4v) is 7.47. The Morgan fingerprint density at radius 3 is 2.54 bits per heavy atom. The topological polar surface area (TPSA) is 66.8 Å². The minimum atomic E-state index is -0.234. The predicted octanol–water partition coefficient (Wildman–Crippen LogP) is 6.81. The van der Waals surface area contributed by atoms with Crippen LogP contribution in [-0.2, 0) is 14.3 Å². The van der Waals surface area contributed by atoms with Crippen molar-refractivity contribution < 1.29 is 19.4 Å². The van der Waals surface area contributed by atoms with Crippen LogP contribution in [0.1, 0.15) is 96.5 Å². The van der Waals surface area contributed by atoms with Gasteiger partial charge in [-0.15, -0.1) is 0 Å². The molecule has 1 aromatic carbocycles. The van der Waals surface area contributed by atoms with E-state index in [4.69, 9.17) is 4.74 Å². The molecule has 1 saturated carbocycles. The lowest BCUT2D eigenvalue weighted by Crippen LogP contribution is -2.42. The van der Waals surface area contributed by atoms with E-state index in [1.54, 1.807) is 11.0 Å². The Bertz CT molecular complexity index is 1070. The standard InChI is InChI=1S/C32H43NO4/c1-3-10-21(18-22-12-8-9-15-27(22)34)16-17-28-29-23(11-4-2)19-25-30(26(29)20-37-28)32(36)33(31(25)35)24-13-6-5-7-14-24/h8-9,12,15,18,24-26,28,30,34H,3-7,10-11,13-14,16-17,19-20H2,1-2H3/b21-18+/t25-,26+,28-,30-/m1/s1. The van der Waals surface area contributed by atoms with Gasteiger partial charge in [-0.2, -0.15) is 0 Å². The molecule has 2 aliphatic heterocycles. The number of carbonyl (C=O) groups is 2. The smallest absolute Gasteiger partial charge is 0.234 e. The number of hydrogen-bond donors (Lipinski definition) is 1. The first-order valence-corrected chi connectivity index (χ1v) is 14.7. The highest BCUT2D eigenvalue weighted by atomic mass is 16.5. The zero-order valence-electron chi connectivity index (χ0n) is 22.6. The molecule has 0 aromatic heterocycles. The molecule has 1 N–H and O–H groups in total. The van der Waals surface area contributed by atoms with E-state index in [2.05, 4.69) is 19.9 Å². The number of benzene rings is 1. The molecule has 4 atom stereocenters. The minimum Gasteiger partial charge on any atom is -0.507 e. The van der Waals surface area contributed by atoms with Crippen LogP contribution in [0.15, 0.2) is 41.0 Å². The number of nitrogens with zero attached hydrogens (tertiary/aromatic N) is 1. The number of phenolic OH excluding ortho intramolecular Hbond substituents is 1. The molecule has 0 bridgehead atoms. The molecule has 37 heavy (non-hydrogen) atoms. The molecule has 2 amide bonds. The first-order chi connectivity index (χ1) is 18.0. The van der Waals surface area contributed by atoms with Crippen LogP contribution in [-0.4, -0.2) is 40.6 Å². The zero-order chi connectivity index (χ0) is 25.9. The molecule has 4 aliphatic rings. The molecule has 1 aromatic rings. The van der Waals surface area contributed by atoms with Crippen LogP contribution in [0.3, 0.4) is 0 Å². The highest BCUT2D eigenvalue weighted by Gasteiger charge is 2.57. The maximum Gasteiger partial charge on any atom is 0.234 e. The third kappa shape index (κ3) is 5.16. The lowest BCUT2D eigenvalue weighted by atomic mass is 9.68. The fourth-order valence-electron chi connectivity index (χ4n) is 7.47. The molecular formula is C32H43NO4. The quantitative estimate of drug-likeness (QED) is 0.296. The van der Waals surface area contributed by atoms with Crippen LogP contribution in [0, 0.1) is 17.8 Å². The van der Waals surface area contributed by atoms with Crippen molar-refractivity contribution in [2.24, 2.45) is 17.8 Å². The fraction of sp³-hybridized carbons (Fsp3) is 0.625. The number of allylic oxidation sites excluding steroid dienone is 2. The van der Waals surface area contributed by atoms with E-state index >= 15 is 0 Å². The van der Waals surface area contributed by atoms with Crippen molar-refractivity contribution in [1.82, 2.24) is 4.90 Å². The maximum atomic E-state index is 13.7. The van der Waals surface area contributed by atoms with Gasteiger partial charge in [-0.25, -0.2) is 0 Å². The summed E-state index contributed by atoms with van der Waals surface area (Å²) in [6.45, 7) is 4.94. The molecule has 0 spiro atoms. The molecule has 2 saturated heterocycles. The molecule has 5 heteroatoms. The van der Waals surface area contributed by atoms with E-state index in [1.807, 2.05) is 18.2 Å². The number of phenols is 1. The van der Waals surface area contributed by atoms with Gasteiger partial charge in [0, 0.05) is 17.5 Å². The molecule has 5 nitrogen and oxygen atoms in total. The third-order valence-electron chi connectivity index (χ3n) is 9.13. The number of rotatable bonds is 9. The van der Waals surface area contributed by atoms with Crippen LogP contribution < -0.4 is 0 Å². The number of likely N-dealkylation sites (tertiary alicyclic amines) is 1. The van der Waals surface area contributed by atoms with Crippen molar-refractivity contribution in [1.29, 1.82) is 0 Å². The Hall–Kier alpha value is -2.40. The van der Waals surface area contributed by atoms with Gasteiger partial charge in [-0.05, 0) is 56.6 Å². The van der Waals surface area contributed by atoms with E-state index in [1.165, 1.54) is 23.1 Å². The second kappa shape index (κ2) is 11.6. The first kappa shape index (κ1) is 26.2. The highest BCUT2D eigenvalue weighted by Crippen LogP contribution is 2.51. The van der Waals surface area contributed by atoms with Gasteiger partial charge in [0.05, 0.1) is 24.5 Å². The van der Waals surface area contributed by atoms with Gasteiger partial charge in [0.2, 0.25) is 11.8 Å². The van der Waals surface area contributed by atoms with Gasteiger partial charge in [-0.3, -0.25) is 14.5 Å². The number of amides is 2. The number of ether oxygens (including phenoxy) is 1. The molecule has 2 heterocycles. The van der Waals surface area contributed by atoms with Crippen molar-refractivity contribution in [3.8, 4) is 5.75 Å². The van der Waals surface area contributed by atoms with Gasteiger partial charge in [-0.1, -0.05) is 81.4 Å². The van der Waals surface area contributed by atoms with Gasteiger partial charge in [0.1, 0.15) is 5.75 Å². The highest BCUT2D eigenvalue weighted by molar-refractivity contribution is 6.06. The molecular weight excluding hydrogens is 462 g/mol. The third-order valence-corrected chi connectivity index (χ3v) is 9.13. The van der Waals surface area contributed by atoms with E-state index in [0.29, 0.717) is 12.4 Å². The van der Waals surface area contributed by atoms with Gasteiger partial charge < -0.3 is 9.84 Å². The summed E-state index contributed by atoms with van der Waals surface area (Å²) >= 11 is 0. The van der Waals surface area contributed by atoms with Crippen molar-refractivity contribution in [3.05, 3.63) is 46.5 Å². The van der Waals surface area contributed by atoms with Crippen LogP contribution >= 0.6 is 0 Å². The second-order valence-corrected chi connectivity index (χ2v) is 11.6. The summed E-state index contributed by atoms with van der Waals surface area (Å²) in [4.78, 5) is 29.0. The minimum absolute atomic E-state index is 0.0174. The number of imide groups is 1. The number of hydrogen-bond acceptors (Lipinski definition) is 4. The summed E-state index contributed by atoms with van der Waals surface area (Å²) in [6, 6.07) is 7.60. The Balaban J connectivity index is 1.36. The van der Waals surface area contributed by atoms with Crippen LogP contribution in [0.4, 0.5) is 0 Å². The Morgan fingerprint density at radius 2 is 1.81 bits per heavy atom. The van der Waals surface area contributed by atoms with Crippen LogP contribution in [0.5, 0.6) is 5.75 Å². The van der Waals surface area contributed by atoms with Gasteiger partial charge >= 0.3 is 0 Å². The van der Waals surface area contributed by atoms with Crippen molar-refractivity contribution in [3.63, 3.8) is 0 Å². The van der Waals surface area contributed by atoms with Crippen molar-refractivity contribution in [2.45, 2.75) is 103 Å². The summed E-state index contributed by atoms with van der Waals surface area (Å²) in [5.41, 5.74) is 4.90. The lowest BCUT2D eigenvalue weighted by Gasteiger charge is -2.32. The Morgan fingerprint density at radius 1 is 1.03 bits per heavy atom. The Kier molecular flexibility index (Phi) is 8.18. The zero-order valence-corrected chi connectivity index (χ0v) is 22.6. The van der Waals surface area contributed by atoms with E-state index in [-0.39, 0.29) is 41.7 Å². The normalized spacial score (nSPS) is 28.7. The Labute approximate surface area is 222 Å². The molecule has 2 aliphatic carbocycles. The summed E-state index contributed by atoms with van der Waals surface area (Å²) < 4.78 is 6.44. The van der Waals surface area contributed by atoms with Crippen LogP contribution in [0.25, 0.3) is 6.08 Å². The molecule has 3 fully saturated rings.